The number of benzene rings is 5. The van der Waals surface area contributed by atoms with Crippen LogP contribution < -0.4 is 46.0 Å². The first-order valence-electron chi connectivity index (χ1n) is 24.5. The zero-order valence-electron chi connectivity index (χ0n) is 45.9. The van der Waals surface area contributed by atoms with Crippen molar-refractivity contribution in [3.05, 3.63) is 154 Å². The molecule has 18 nitrogen and oxygen atoms in total. The molecule has 24 heteroatoms. The minimum absolute atomic E-state index is 0.229. The summed E-state index contributed by atoms with van der Waals surface area (Å²) in [6.45, 7) is 3.99. The molecule has 9 rings (SSSR count). The number of nitrogens with zero attached hydrogens (tertiary/aromatic N) is 5. The fraction of sp³-hybridized carbons (Fsp3) is 0.263. The van der Waals surface area contributed by atoms with E-state index in [1.54, 1.807) is 80.6 Å². The predicted molar refractivity (Wildman–Crippen MR) is 335 cm³/mol. The van der Waals surface area contributed by atoms with Crippen LogP contribution in [0.4, 0.5) is 16.0 Å². The normalized spacial score (nSPS) is 10.7. The SMILES string of the molecule is CN(C)CCO.COc1ccc(O)cc1Br.COc1ccc(OCCN(C)C)cc1Br.COc1ccc(OCCN(C)C)cc1Nc1nc(-c2cc3cccc(Cl)c3oc2=O)cs1.Nc1nc(-c2cc3cccc(Cl)c3oc2=O)cs1. The molecule has 0 spiro atoms. The molecule has 0 aliphatic carbocycles. The highest BCUT2D eigenvalue weighted by Gasteiger charge is 2.16. The van der Waals surface area contributed by atoms with Gasteiger partial charge in [-0.1, -0.05) is 47.5 Å². The Balaban J connectivity index is 0.000000208. The van der Waals surface area contributed by atoms with Gasteiger partial charge in [-0.25, -0.2) is 19.6 Å². The zero-order chi connectivity index (χ0) is 59.2. The maximum Gasteiger partial charge on any atom is 0.345 e. The number of likely N-dealkylation sites (N-methyl/N-ethyl adjacent to an activating group) is 3. The molecule has 432 valence electrons. The standard InChI is InChI=1S/C23H22ClN3O4S.C12H7ClN2O2S.C11H16BrNO2.C7H7BrO2.C4H11NO/c1-27(2)9-10-30-15-7-8-20(29-3)18(12-15)25-23-26-19(13-32-23)16-11-14-5-4-6-17(24)21(14)31-22(16)28;13-8-3-1-2-6-4-7(11(16)17-10(6)8)9-5-18-12(14)15-9;1-13(2)6-7-15-9-4-5-11(14-3)10(12)8-9;1-10-7-3-2-5(9)4-6(7)8;1-5(2)3-4-6/h4-8,11-13H,9-10H2,1-3H3,(H,25,26);1-5H,(H2,14,15);4-5,8H,6-7H2,1-3H3;2-4,9H,1H3;6H,3-4H2,1-2H3. The lowest BCUT2D eigenvalue weighted by Gasteiger charge is -2.14. The van der Waals surface area contributed by atoms with Crippen molar-refractivity contribution >= 4 is 116 Å². The van der Waals surface area contributed by atoms with Gasteiger partial charge in [0, 0.05) is 47.2 Å². The van der Waals surface area contributed by atoms with E-state index in [4.69, 9.17) is 71.7 Å². The van der Waals surface area contributed by atoms with Crippen molar-refractivity contribution in [2.75, 3.05) is 114 Å². The molecule has 0 amide bonds. The van der Waals surface area contributed by atoms with Gasteiger partial charge in [0.2, 0.25) is 0 Å². The van der Waals surface area contributed by atoms with E-state index in [1.807, 2.05) is 102 Å². The number of nitrogens with one attached hydrogen (secondary N) is 1. The highest BCUT2D eigenvalue weighted by Crippen LogP contribution is 2.35. The molecule has 0 bridgehead atoms. The van der Waals surface area contributed by atoms with Crippen LogP contribution in [-0.2, 0) is 0 Å². The summed E-state index contributed by atoms with van der Waals surface area (Å²) in [5, 5.41) is 27.2. The number of aromatic hydroxyl groups is 1. The van der Waals surface area contributed by atoms with Crippen LogP contribution in [-0.4, -0.2) is 138 Å². The second-order valence-corrected chi connectivity index (χ2v) is 22.0. The molecule has 81 heavy (non-hydrogen) atoms. The molecule has 0 fully saturated rings. The number of aliphatic hydroxyl groups excluding tert-OH is 1. The van der Waals surface area contributed by atoms with Crippen molar-refractivity contribution in [3.8, 4) is 57.0 Å². The van der Waals surface area contributed by atoms with Gasteiger partial charge in [0.1, 0.15) is 47.7 Å². The average molecular weight is 1320 g/mol. The first kappa shape index (κ1) is 65.4. The third-order valence-electron chi connectivity index (χ3n) is 10.8. The summed E-state index contributed by atoms with van der Waals surface area (Å²) in [5.74, 6) is 3.99. The molecule has 0 unspecified atom stereocenters. The highest BCUT2D eigenvalue weighted by atomic mass is 79.9. The van der Waals surface area contributed by atoms with Crippen molar-refractivity contribution in [1.82, 2.24) is 24.7 Å². The van der Waals surface area contributed by atoms with Crippen molar-refractivity contribution < 1.29 is 42.7 Å². The summed E-state index contributed by atoms with van der Waals surface area (Å²) < 4.78 is 39.2. The summed E-state index contributed by atoms with van der Waals surface area (Å²) in [4.78, 5) is 39.1. The number of thiazole rings is 2. The lowest BCUT2D eigenvalue weighted by atomic mass is 10.1. The Morgan fingerprint density at radius 1 is 0.617 bits per heavy atom. The number of nitrogen functional groups attached to an aromatic ring is 1. The molecule has 0 radical (unpaired) electrons. The van der Waals surface area contributed by atoms with Crippen LogP contribution in [0.1, 0.15) is 0 Å². The summed E-state index contributed by atoms with van der Waals surface area (Å²) in [6.07, 6.45) is 0. The van der Waals surface area contributed by atoms with Crippen molar-refractivity contribution in [2.45, 2.75) is 0 Å². The van der Waals surface area contributed by atoms with Crippen LogP contribution in [0.25, 0.3) is 44.5 Å². The number of hydrogen-bond donors (Lipinski definition) is 4. The number of phenols is 1. The Labute approximate surface area is 504 Å². The van der Waals surface area contributed by atoms with Crippen LogP contribution in [0, 0.1) is 0 Å². The molecule has 0 saturated carbocycles. The minimum atomic E-state index is -0.490. The number of methoxy groups -OCH3 is 3. The molecule has 9 aromatic rings. The topological polar surface area (TPSA) is 221 Å². The van der Waals surface area contributed by atoms with Crippen molar-refractivity contribution in [1.29, 1.82) is 0 Å². The van der Waals surface area contributed by atoms with Gasteiger partial charge < -0.3 is 68.5 Å². The van der Waals surface area contributed by atoms with Crippen LogP contribution in [0.15, 0.2) is 141 Å². The van der Waals surface area contributed by atoms with E-state index in [0.29, 0.717) is 78.6 Å². The first-order valence-corrected chi connectivity index (χ1v) is 28.6. The molecule has 4 heterocycles. The van der Waals surface area contributed by atoms with Gasteiger partial charge in [0.25, 0.3) is 0 Å². The Kier molecular flexibility index (Phi) is 26.5. The summed E-state index contributed by atoms with van der Waals surface area (Å²) in [7, 11) is 16.7. The number of aliphatic hydroxyl groups is 1. The number of para-hydroxylation sites is 2. The second-order valence-electron chi connectivity index (χ2n) is 17.8. The van der Waals surface area contributed by atoms with Gasteiger partial charge in [0.15, 0.2) is 21.4 Å². The fourth-order valence-corrected chi connectivity index (χ4v) is 9.49. The number of anilines is 3. The number of nitrogens with two attached hydrogens (primary N) is 1. The van der Waals surface area contributed by atoms with Gasteiger partial charge in [-0.05, 0) is 147 Å². The molecule has 0 atom stereocenters. The Bertz CT molecular complexity index is 3560. The first-order chi connectivity index (χ1) is 38.7. The Morgan fingerprint density at radius 3 is 1.53 bits per heavy atom. The lowest BCUT2D eigenvalue weighted by molar-refractivity contribution is 0.243. The second kappa shape index (κ2) is 32.9. The summed E-state index contributed by atoms with van der Waals surface area (Å²) >= 11 is 21.4. The number of ether oxygens (including phenoxy) is 5. The summed E-state index contributed by atoms with van der Waals surface area (Å²) in [6, 6.07) is 30.2. The predicted octanol–water partition coefficient (Wildman–Crippen LogP) is 12.5. The molecular formula is C57H63Br2Cl2N7O11S2. The van der Waals surface area contributed by atoms with Gasteiger partial charge >= 0.3 is 11.3 Å². The van der Waals surface area contributed by atoms with Crippen LogP contribution in [0.2, 0.25) is 10.0 Å². The number of hydrogen-bond acceptors (Lipinski definition) is 20. The monoisotopic (exact) mass is 1310 g/mol. The maximum absolute atomic E-state index is 12.5. The third-order valence-corrected chi connectivity index (χ3v) is 14.1. The van der Waals surface area contributed by atoms with E-state index >= 15 is 0 Å². The van der Waals surface area contributed by atoms with E-state index < -0.39 is 11.3 Å². The third kappa shape index (κ3) is 20.5. The molecule has 5 aromatic carbocycles. The van der Waals surface area contributed by atoms with Crippen molar-refractivity contribution in [2.24, 2.45) is 0 Å². The van der Waals surface area contributed by atoms with E-state index in [9.17, 15) is 9.59 Å². The van der Waals surface area contributed by atoms with Crippen LogP contribution >= 0.6 is 77.7 Å². The Hall–Kier alpha value is -6.44. The minimum Gasteiger partial charge on any atom is -0.508 e. The quantitative estimate of drug-likeness (QED) is 0.0623. The molecular weight excluding hydrogens is 1250 g/mol. The van der Waals surface area contributed by atoms with Gasteiger partial charge in [-0.15, -0.1) is 22.7 Å². The van der Waals surface area contributed by atoms with Crippen molar-refractivity contribution in [3.63, 3.8) is 0 Å². The number of phenolic OH excluding ortho intramolecular Hbond substituents is 1. The van der Waals surface area contributed by atoms with E-state index in [0.717, 1.165) is 62.4 Å². The smallest absolute Gasteiger partial charge is 0.345 e. The Morgan fingerprint density at radius 2 is 1.09 bits per heavy atom. The highest BCUT2D eigenvalue weighted by molar-refractivity contribution is 9.11. The zero-order valence-corrected chi connectivity index (χ0v) is 52.2. The summed E-state index contributed by atoms with van der Waals surface area (Å²) in [5.41, 5.74) is 7.86. The lowest BCUT2D eigenvalue weighted by Crippen LogP contribution is -2.19. The van der Waals surface area contributed by atoms with E-state index in [1.165, 1.54) is 22.7 Å². The molecule has 0 saturated heterocycles. The molecule has 0 aliphatic heterocycles. The average Bonchev–Trinajstić information content (AvgIpc) is 4.12. The van der Waals surface area contributed by atoms with Gasteiger partial charge in [-0.2, -0.15) is 0 Å². The van der Waals surface area contributed by atoms with E-state index in [-0.39, 0.29) is 12.4 Å². The maximum atomic E-state index is 12.5. The number of rotatable bonds is 17. The van der Waals surface area contributed by atoms with Gasteiger partial charge in [-0.3, -0.25) is 0 Å². The molecule has 4 aromatic heterocycles. The van der Waals surface area contributed by atoms with E-state index in [2.05, 4.69) is 56.9 Å². The number of halogens is 4. The molecule has 0 aliphatic rings. The van der Waals surface area contributed by atoms with Crippen LogP contribution in [0.5, 0.6) is 34.5 Å². The molecule has 5 N–H and O–H groups in total. The largest absolute Gasteiger partial charge is 0.508 e. The number of fused-ring (bicyclic) bond motifs is 2. The fourth-order valence-electron chi connectivity index (χ4n) is 6.72. The van der Waals surface area contributed by atoms with Gasteiger partial charge in [0.05, 0.1) is 75.1 Å². The number of aromatic nitrogens is 2. The van der Waals surface area contributed by atoms with Crippen LogP contribution in [0.3, 0.4) is 0 Å².